The lowest BCUT2D eigenvalue weighted by molar-refractivity contribution is -0.115. The molecule has 204 valence electrons. The second-order valence-corrected chi connectivity index (χ2v) is 9.78. The van der Waals surface area contributed by atoms with Crippen molar-refractivity contribution in [2.24, 2.45) is 26.7 Å². The molecule has 0 saturated heterocycles. The van der Waals surface area contributed by atoms with Crippen molar-refractivity contribution in [3.8, 4) is 11.3 Å². The largest absolute Gasteiger partial charge is 0.403 e. The van der Waals surface area contributed by atoms with Crippen LogP contribution >= 0.6 is 0 Å². The highest BCUT2D eigenvalue weighted by Gasteiger charge is 2.21. The SMILES string of the molecule is CCCCC(NC(=O)C(C=NC(C)(C)C)=NN)c1ccc(-c2ccnc(NC(C=NC)=CN)n2)cc1CC. The average Bonchev–Trinajstić information content (AvgIpc) is 2.90. The van der Waals surface area contributed by atoms with E-state index in [9.17, 15) is 4.79 Å². The van der Waals surface area contributed by atoms with Crippen molar-refractivity contribution in [1.82, 2.24) is 15.3 Å². The molecule has 1 amide bonds. The molecule has 0 radical (unpaired) electrons. The van der Waals surface area contributed by atoms with E-state index in [1.165, 1.54) is 12.4 Å². The third-order valence-corrected chi connectivity index (χ3v) is 5.65. The molecule has 0 fully saturated rings. The fraction of sp³-hybridized carbons (Fsp3) is 0.429. The molecule has 0 bridgehead atoms. The number of nitrogens with two attached hydrogens (primary N) is 2. The zero-order chi connectivity index (χ0) is 28.1. The number of benzene rings is 1. The summed E-state index contributed by atoms with van der Waals surface area (Å²) in [5.74, 6) is 5.60. The topological polar surface area (TPSA) is 156 Å². The van der Waals surface area contributed by atoms with Gasteiger partial charge >= 0.3 is 0 Å². The molecule has 2 rings (SSSR count). The van der Waals surface area contributed by atoms with E-state index in [-0.39, 0.29) is 23.2 Å². The van der Waals surface area contributed by atoms with Gasteiger partial charge in [-0.2, -0.15) is 5.10 Å². The molecule has 1 unspecified atom stereocenters. The zero-order valence-electron chi connectivity index (χ0n) is 23.3. The summed E-state index contributed by atoms with van der Waals surface area (Å²) in [5, 5.41) is 9.87. The minimum Gasteiger partial charge on any atom is -0.403 e. The molecule has 2 aromatic rings. The number of unbranched alkanes of at least 4 members (excludes halogenated alkanes) is 1. The Morgan fingerprint density at radius 3 is 2.55 bits per heavy atom. The molecular formula is C28H41N9O. The molecule has 0 spiro atoms. The number of rotatable bonds is 12. The molecule has 1 aromatic carbocycles. The van der Waals surface area contributed by atoms with E-state index < -0.39 is 0 Å². The second kappa shape index (κ2) is 14.6. The molecule has 1 atom stereocenters. The number of amides is 1. The van der Waals surface area contributed by atoms with Crippen LogP contribution in [0, 0.1) is 0 Å². The summed E-state index contributed by atoms with van der Waals surface area (Å²) in [5.41, 5.74) is 9.88. The number of hydrogen-bond donors (Lipinski definition) is 4. The lowest BCUT2D eigenvalue weighted by atomic mass is 9.92. The first kappa shape index (κ1) is 30.1. The lowest BCUT2D eigenvalue weighted by Crippen LogP contribution is -2.36. The number of carbonyl (C=O) groups excluding carboxylic acids is 1. The van der Waals surface area contributed by atoms with E-state index in [1.807, 2.05) is 32.9 Å². The quantitative estimate of drug-likeness (QED) is 0.187. The van der Waals surface area contributed by atoms with E-state index >= 15 is 0 Å². The van der Waals surface area contributed by atoms with Gasteiger partial charge in [0.1, 0.15) is 0 Å². The van der Waals surface area contributed by atoms with Gasteiger partial charge in [-0.15, -0.1) is 0 Å². The molecule has 0 aliphatic carbocycles. The van der Waals surface area contributed by atoms with Crippen molar-refractivity contribution in [3.05, 3.63) is 53.5 Å². The van der Waals surface area contributed by atoms with Crippen LogP contribution < -0.4 is 22.2 Å². The summed E-state index contributed by atoms with van der Waals surface area (Å²) in [4.78, 5) is 30.3. The molecular weight excluding hydrogens is 478 g/mol. The predicted octanol–water partition coefficient (Wildman–Crippen LogP) is 4.15. The molecule has 1 aromatic heterocycles. The number of aryl methyl sites for hydroxylation is 1. The van der Waals surface area contributed by atoms with Gasteiger partial charge < -0.3 is 22.2 Å². The van der Waals surface area contributed by atoms with Crippen LogP contribution in [-0.4, -0.2) is 46.6 Å². The Bertz CT molecular complexity index is 1190. The van der Waals surface area contributed by atoms with E-state index in [4.69, 9.17) is 11.6 Å². The van der Waals surface area contributed by atoms with E-state index in [0.717, 1.165) is 48.1 Å². The number of hydrazone groups is 1. The summed E-state index contributed by atoms with van der Waals surface area (Å²) < 4.78 is 0. The normalized spacial score (nSPS) is 13.7. The molecule has 1 heterocycles. The number of hydrogen-bond acceptors (Lipinski definition) is 9. The number of aromatic nitrogens is 2. The maximum atomic E-state index is 13.1. The smallest absolute Gasteiger partial charge is 0.273 e. The van der Waals surface area contributed by atoms with Crippen molar-refractivity contribution in [1.29, 1.82) is 0 Å². The van der Waals surface area contributed by atoms with Crippen molar-refractivity contribution >= 4 is 30.0 Å². The Labute approximate surface area is 225 Å². The average molecular weight is 520 g/mol. The van der Waals surface area contributed by atoms with Crippen molar-refractivity contribution in [3.63, 3.8) is 0 Å². The van der Waals surface area contributed by atoms with E-state index in [2.05, 4.69) is 61.7 Å². The van der Waals surface area contributed by atoms with Gasteiger partial charge in [0, 0.05) is 31.2 Å². The van der Waals surface area contributed by atoms with Crippen LogP contribution in [0.4, 0.5) is 5.95 Å². The predicted molar refractivity (Wildman–Crippen MR) is 157 cm³/mol. The highest BCUT2D eigenvalue weighted by Crippen LogP contribution is 2.28. The van der Waals surface area contributed by atoms with Crippen molar-refractivity contribution < 1.29 is 4.79 Å². The Hall–Kier alpha value is -4.08. The van der Waals surface area contributed by atoms with Gasteiger partial charge in [-0.25, -0.2) is 9.97 Å². The first-order valence-electron chi connectivity index (χ1n) is 12.9. The van der Waals surface area contributed by atoms with Crippen LogP contribution in [0.15, 0.2) is 57.4 Å². The van der Waals surface area contributed by atoms with E-state index in [1.54, 1.807) is 19.5 Å². The minimum atomic E-state index is -0.348. The van der Waals surface area contributed by atoms with Gasteiger partial charge in [-0.3, -0.25) is 14.8 Å². The molecule has 10 nitrogen and oxygen atoms in total. The summed E-state index contributed by atoms with van der Waals surface area (Å²) in [7, 11) is 1.66. The maximum Gasteiger partial charge on any atom is 0.273 e. The number of aliphatic imine (C=N–C) groups is 2. The van der Waals surface area contributed by atoms with Gasteiger partial charge in [0.2, 0.25) is 5.95 Å². The third kappa shape index (κ3) is 9.10. The fourth-order valence-electron chi connectivity index (χ4n) is 3.73. The van der Waals surface area contributed by atoms with Gasteiger partial charge in [-0.05, 0) is 56.9 Å². The van der Waals surface area contributed by atoms with Crippen LogP contribution in [0.2, 0.25) is 0 Å². The Kier molecular flexibility index (Phi) is 11.6. The first-order chi connectivity index (χ1) is 18.1. The standard InChI is InChI=1S/C28H41N9O/c1-7-9-10-24(35-26(38)25(37-30)18-33-28(3,4)5)22-12-11-20(15-19(22)8-2)23-13-14-32-27(36-23)34-21(16-29)17-31-6/h11-18,24H,7-10,29-30H2,1-6H3,(H,35,38)(H,32,34,36). The fourth-order valence-corrected chi connectivity index (χ4v) is 3.73. The van der Waals surface area contributed by atoms with Gasteiger partial charge in [0.25, 0.3) is 5.91 Å². The lowest BCUT2D eigenvalue weighted by Gasteiger charge is -2.22. The summed E-state index contributed by atoms with van der Waals surface area (Å²) in [6.45, 7) is 10.1. The van der Waals surface area contributed by atoms with E-state index in [0.29, 0.717) is 11.6 Å². The molecule has 6 N–H and O–H groups in total. The summed E-state index contributed by atoms with van der Waals surface area (Å²) in [6, 6.07) is 7.84. The van der Waals surface area contributed by atoms with Gasteiger partial charge in [0.05, 0.1) is 29.2 Å². The number of allylic oxidation sites excluding steroid dienone is 1. The third-order valence-electron chi connectivity index (χ3n) is 5.65. The van der Waals surface area contributed by atoms with Crippen LogP contribution in [0.1, 0.15) is 71.0 Å². The van der Waals surface area contributed by atoms with Crippen LogP contribution in [0.5, 0.6) is 0 Å². The Morgan fingerprint density at radius 1 is 1.18 bits per heavy atom. The zero-order valence-corrected chi connectivity index (χ0v) is 23.3. The Morgan fingerprint density at radius 2 is 1.95 bits per heavy atom. The van der Waals surface area contributed by atoms with Crippen LogP contribution in [0.25, 0.3) is 11.3 Å². The number of anilines is 1. The minimum absolute atomic E-state index is 0.0936. The Balaban J connectivity index is 2.38. The maximum absolute atomic E-state index is 13.1. The van der Waals surface area contributed by atoms with Crippen LogP contribution in [0.3, 0.4) is 0 Å². The highest BCUT2D eigenvalue weighted by atomic mass is 16.2. The second-order valence-electron chi connectivity index (χ2n) is 9.78. The van der Waals surface area contributed by atoms with Gasteiger partial charge in [0.15, 0.2) is 5.71 Å². The van der Waals surface area contributed by atoms with Gasteiger partial charge in [-0.1, -0.05) is 38.8 Å². The molecule has 0 aliphatic heterocycles. The van der Waals surface area contributed by atoms with Crippen molar-refractivity contribution in [2.75, 3.05) is 12.4 Å². The first-order valence-corrected chi connectivity index (χ1v) is 12.9. The number of nitrogens with zero attached hydrogens (tertiary/aromatic N) is 5. The monoisotopic (exact) mass is 519 g/mol. The number of carbonyl (C=O) groups is 1. The summed E-state index contributed by atoms with van der Waals surface area (Å²) >= 11 is 0. The molecule has 0 saturated carbocycles. The van der Waals surface area contributed by atoms with Crippen molar-refractivity contribution in [2.45, 2.75) is 71.9 Å². The highest BCUT2D eigenvalue weighted by molar-refractivity contribution is 6.60. The molecule has 10 heteroatoms. The summed E-state index contributed by atoms with van der Waals surface area (Å²) in [6.07, 6.45) is 9.68. The number of nitrogens with one attached hydrogen (secondary N) is 2. The molecule has 0 aliphatic rings. The van der Waals surface area contributed by atoms with Crippen LogP contribution in [-0.2, 0) is 11.2 Å². The molecule has 38 heavy (non-hydrogen) atoms.